The Kier molecular flexibility index (Phi) is 10.1. The molecule has 0 spiro atoms. The number of amides is 1. The number of nitrogens with one attached hydrogen (secondary N) is 1. The summed E-state index contributed by atoms with van der Waals surface area (Å²) in [5.74, 6) is 0.0247. The first-order valence-electron chi connectivity index (χ1n) is 3.24. The van der Waals surface area contributed by atoms with E-state index >= 15 is 0 Å². The SMILES string of the molecule is CC(Cl)(CCl)CNC(=O)P(=O)([O-])[O-].[NH4+].[NH4+]. The fourth-order valence-corrected chi connectivity index (χ4v) is 0.838. The molecular weight excluding hydrogens is 268 g/mol. The Labute approximate surface area is 97.8 Å². The van der Waals surface area contributed by atoms with Crippen LogP contribution in [0.1, 0.15) is 6.92 Å². The molecule has 1 unspecified atom stereocenters. The van der Waals surface area contributed by atoms with Gasteiger partial charge >= 0.3 is 0 Å². The van der Waals surface area contributed by atoms with Crippen LogP contribution in [0.3, 0.4) is 0 Å². The van der Waals surface area contributed by atoms with Crippen LogP contribution < -0.4 is 27.4 Å². The minimum atomic E-state index is -5.21. The number of hydrogen-bond donors (Lipinski definition) is 3. The number of halogens is 2. The van der Waals surface area contributed by atoms with Gasteiger partial charge in [-0.1, -0.05) is 0 Å². The Morgan fingerprint density at radius 1 is 1.47 bits per heavy atom. The second-order valence-electron chi connectivity index (χ2n) is 2.70. The van der Waals surface area contributed by atoms with E-state index in [4.69, 9.17) is 23.2 Å². The normalized spacial score (nSPS) is 14.2. The van der Waals surface area contributed by atoms with Gasteiger partial charge in [0.05, 0.1) is 4.87 Å². The first-order chi connectivity index (χ1) is 5.69. The van der Waals surface area contributed by atoms with Crippen LogP contribution in [0, 0.1) is 0 Å². The molecule has 0 radical (unpaired) electrons. The van der Waals surface area contributed by atoms with E-state index in [0.717, 1.165) is 0 Å². The predicted molar refractivity (Wildman–Crippen MR) is 58.0 cm³/mol. The zero-order valence-corrected chi connectivity index (χ0v) is 11.2. The molecule has 0 aromatic rings. The van der Waals surface area contributed by atoms with E-state index < -0.39 is 18.1 Å². The maximum atomic E-state index is 10.5. The van der Waals surface area contributed by atoms with Crippen LogP contribution in [0.4, 0.5) is 4.79 Å². The quantitative estimate of drug-likeness (QED) is 0.508. The van der Waals surface area contributed by atoms with Gasteiger partial charge in [0.1, 0.15) is 0 Å². The highest BCUT2D eigenvalue weighted by molar-refractivity contribution is 7.67. The monoisotopic (exact) mass is 283 g/mol. The van der Waals surface area contributed by atoms with Gasteiger partial charge < -0.3 is 32.0 Å². The highest BCUT2D eigenvalue weighted by Crippen LogP contribution is 2.24. The van der Waals surface area contributed by atoms with Gasteiger partial charge in [-0.25, -0.2) is 0 Å². The Balaban J connectivity index is -0.000000720. The van der Waals surface area contributed by atoms with E-state index in [-0.39, 0.29) is 24.7 Å². The summed E-state index contributed by atoms with van der Waals surface area (Å²) in [7, 11) is -5.21. The molecule has 0 heterocycles. The lowest BCUT2D eigenvalue weighted by Crippen LogP contribution is -2.40. The lowest BCUT2D eigenvalue weighted by atomic mass is 10.2. The number of alkyl halides is 2. The van der Waals surface area contributed by atoms with Crippen molar-refractivity contribution in [2.45, 2.75) is 11.8 Å². The van der Waals surface area contributed by atoms with E-state index in [1.165, 1.54) is 6.92 Å². The third-order valence-electron chi connectivity index (χ3n) is 1.14. The zero-order chi connectivity index (χ0) is 10.7. The fraction of sp³-hybridized carbons (Fsp3) is 0.800. The summed E-state index contributed by atoms with van der Waals surface area (Å²) in [5, 5.41) is 1.87. The van der Waals surface area contributed by atoms with Crippen LogP contribution >= 0.6 is 30.8 Å². The average molecular weight is 284 g/mol. The largest absolute Gasteiger partial charge is 0.804 e. The van der Waals surface area contributed by atoms with Crippen molar-refractivity contribution in [3.63, 3.8) is 0 Å². The van der Waals surface area contributed by atoms with E-state index in [9.17, 15) is 19.1 Å². The van der Waals surface area contributed by atoms with Gasteiger partial charge in [0, 0.05) is 20.0 Å². The third kappa shape index (κ3) is 9.07. The topological polar surface area (TPSA) is 165 Å². The molecule has 15 heavy (non-hydrogen) atoms. The van der Waals surface area contributed by atoms with Gasteiger partial charge in [0.25, 0.3) is 0 Å². The van der Waals surface area contributed by atoms with Crippen LogP contribution in [-0.4, -0.2) is 22.9 Å². The first-order valence-corrected chi connectivity index (χ1v) is 5.70. The second-order valence-corrected chi connectivity index (χ2v) is 5.28. The number of carbonyl (C=O) groups excluding carboxylic acids is 1. The molecule has 0 rings (SSSR count). The van der Waals surface area contributed by atoms with Crippen molar-refractivity contribution < 1.29 is 19.1 Å². The zero-order valence-electron chi connectivity index (χ0n) is 8.75. The van der Waals surface area contributed by atoms with Crippen molar-refractivity contribution in [3.8, 4) is 0 Å². The number of rotatable bonds is 4. The molecule has 0 bridgehead atoms. The molecule has 7 nitrogen and oxygen atoms in total. The third-order valence-corrected chi connectivity index (χ3v) is 2.79. The van der Waals surface area contributed by atoms with Crippen LogP contribution in [-0.2, 0) is 4.57 Å². The Morgan fingerprint density at radius 3 is 2.13 bits per heavy atom. The molecule has 9 N–H and O–H groups in total. The smallest absolute Gasteiger partial charge is 0.249 e. The minimum Gasteiger partial charge on any atom is -0.804 e. The van der Waals surface area contributed by atoms with Crippen molar-refractivity contribution in [3.05, 3.63) is 0 Å². The molecular formula is C5H16Cl2N3O4P. The molecule has 0 aliphatic heterocycles. The van der Waals surface area contributed by atoms with Gasteiger partial charge in [-0.2, -0.15) is 0 Å². The molecule has 94 valence electrons. The standard InChI is InChI=1S/C5H10Cl2NO4P.2H3N/c1-5(7,2-6)3-8-4(9)13(10,11)12;;/h2-3H2,1H3,(H,8,9)(H2,10,11,12);2*1H3. The summed E-state index contributed by atoms with van der Waals surface area (Å²) in [5.41, 5.74) is -1.57. The molecule has 10 heteroatoms. The highest BCUT2D eigenvalue weighted by Gasteiger charge is 2.20. The van der Waals surface area contributed by atoms with Crippen molar-refractivity contribution in [1.82, 2.24) is 17.6 Å². The predicted octanol–water partition coefficient (Wildman–Crippen LogP) is 0.598. The molecule has 0 aromatic carbocycles. The maximum absolute atomic E-state index is 10.5. The Morgan fingerprint density at radius 2 is 1.87 bits per heavy atom. The number of carbonyl (C=O) groups is 1. The molecule has 0 fully saturated rings. The summed E-state index contributed by atoms with van der Waals surface area (Å²) in [4.78, 5) is 29.8. The molecule has 1 amide bonds. The lowest BCUT2D eigenvalue weighted by molar-refractivity contribution is -0.307. The molecule has 0 aliphatic carbocycles. The van der Waals surface area contributed by atoms with E-state index in [1.54, 1.807) is 0 Å². The maximum Gasteiger partial charge on any atom is 0.249 e. The van der Waals surface area contributed by atoms with Gasteiger partial charge in [-0.05, 0) is 6.92 Å². The summed E-state index contributed by atoms with van der Waals surface area (Å²) in [6.45, 7) is 1.33. The second kappa shape index (κ2) is 7.40. The molecule has 1 atom stereocenters. The average Bonchev–Trinajstić information content (AvgIpc) is 1.98. The van der Waals surface area contributed by atoms with Crippen molar-refractivity contribution in [2.75, 3.05) is 12.4 Å². The van der Waals surface area contributed by atoms with Crippen LogP contribution in [0.5, 0.6) is 0 Å². The van der Waals surface area contributed by atoms with Crippen LogP contribution in [0.15, 0.2) is 0 Å². The van der Waals surface area contributed by atoms with Crippen molar-refractivity contribution in [2.24, 2.45) is 0 Å². The van der Waals surface area contributed by atoms with Crippen molar-refractivity contribution in [1.29, 1.82) is 0 Å². The molecule has 0 saturated carbocycles. The minimum absolute atomic E-state index is 0. The van der Waals surface area contributed by atoms with Gasteiger partial charge in [0.2, 0.25) is 5.65 Å². The van der Waals surface area contributed by atoms with E-state index in [1.807, 2.05) is 5.32 Å². The van der Waals surface area contributed by atoms with Crippen molar-refractivity contribution >= 4 is 36.4 Å². The molecule has 0 aromatic heterocycles. The van der Waals surface area contributed by atoms with Crippen LogP contribution in [0.2, 0.25) is 0 Å². The van der Waals surface area contributed by atoms with Gasteiger partial charge in [0.15, 0.2) is 0 Å². The Hall–Kier alpha value is 0.120. The first kappa shape index (κ1) is 20.5. The highest BCUT2D eigenvalue weighted by atomic mass is 35.5. The fourth-order valence-electron chi connectivity index (χ4n) is 0.404. The number of quaternary nitrogens is 2. The number of hydrogen-bond acceptors (Lipinski definition) is 4. The van der Waals surface area contributed by atoms with Crippen LogP contribution in [0.25, 0.3) is 0 Å². The lowest BCUT2D eigenvalue weighted by Gasteiger charge is -2.29. The summed E-state index contributed by atoms with van der Waals surface area (Å²) >= 11 is 11.1. The van der Waals surface area contributed by atoms with Gasteiger partial charge in [-0.3, -0.25) is 4.79 Å². The van der Waals surface area contributed by atoms with E-state index in [2.05, 4.69) is 0 Å². The Bertz CT molecular complexity index is 244. The molecule has 0 aliphatic rings. The summed E-state index contributed by atoms with van der Waals surface area (Å²) in [6.07, 6.45) is 0. The van der Waals surface area contributed by atoms with Gasteiger partial charge in [-0.15, -0.1) is 23.2 Å². The van der Waals surface area contributed by atoms with E-state index in [0.29, 0.717) is 0 Å². The summed E-state index contributed by atoms with van der Waals surface area (Å²) in [6, 6.07) is 0. The summed E-state index contributed by atoms with van der Waals surface area (Å²) < 4.78 is 10.1. The molecule has 0 saturated heterocycles.